The van der Waals surface area contributed by atoms with Gasteiger partial charge in [-0.1, -0.05) is 20.3 Å². The Kier molecular flexibility index (Phi) is 5.75. The zero-order chi connectivity index (χ0) is 14.4. The van der Waals surface area contributed by atoms with Crippen molar-refractivity contribution < 1.29 is 9.66 Å². The number of anilines is 1. The van der Waals surface area contributed by atoms with Gasteiger partial charge in [0.2, 0.25) is 5.82 Å². The lowest BCUT2D eigenvalue weighted by molar-refractivity contribution is -0.384. The average Bonchev–Trinajstić information content (AvgIpc) is 2.67. The number of methoxy groups -OCH3 is 1. The summed E-state index contributed by atoms with van der Waals surface area (Å²) in [6.45, 7) is 4.44. The molecule has 1 aromatic heterocycles. The van der Waals surface area contributed by atoms with Crippen LogP contribution in [-0.2, 0) is 18.2 Å². The van der Waals surface area contributed by atoms with Crippen molar-refractivity contribution >= 4 is 11.5 Å². The number of nitrogens with one attached hydrogen (secondary N) is 1. The van der Waals surface area contributed by atoms with Crippen LogP contribution in [0.15, 0.2) is 0 Å². The molecule has 0 fully saturated rings. The number of rotatable bonds is 8. The van der Waals surface area contributed by atoms with Crippen LogP contribution in [0, 0.1) is 10.1 Å². The first-order valence-electron chi connectivity index (χ1n) is 6.50. The Morgan fingerprint density at radius 1 is 1.53 bits per heavy atom. The van der Waals surface area contributed by atoms with Crippen molar-refractivity contribution in [2.75, 3.05) is 19.0 Å². The Morgan fingerprint density at radius 2 is 2.21 bits per heavy atom. The van der Waals surface area contributed by atoms with E-state index < -0.39 is 0 Å². The van der Waals surface area contributed by atoms with Gasteiger partial charge in [-0.25, -0.2) is 4.68 Å². The molecule has 1 heterocycles. The van der Waals surface area contributed by atoms with Gasteiger partial charge in [0.25, 0.3) is 0 Å². The van der Waals surface area contributed by atoms with Gasteiger partial charge >= 0.3 is 5.69 Å². The first-order chi connectivity index (χ1) is 9.04. The molecule has 1 unspecified atom stereocenters. The molecule has 19 heavy (non-hydrogen) atoms. The van der Waals surface area contributed by atoms with Gasteiger partial charge < -0.3 is 10.1 Å². The molecule has 0 aliphatic heterocycles. The molecule has 1 N–H and O–H groups in total. The van der Waals surface area contributed by atoms with Crippen LogP contribution in [0.5, 0.6) is 0 Å². The van der Waals surface area contributed by atoms with Crippen molar-refractivity contribution in [3.05, 3.63) is 15.8 Å². The molecule has 0 saturated carbocycles. The molecule has 1 rings (SSSR count). The lowest BCUT2D eigenvalue weighted by atomic mass is 10.2. The summed E-state index contributed by atoms with van der Waals surface area (Å²) in [7, 11) is 3.34. The molecule has 0 amide bonds. The number of nitrogens with zero attached hydrogens (tertiary/aromatic N) is 3. The van der Waals surface area contributed by atoms with Crippen LogP contribution in [0.2, 0.25) is 0 Å². The summed E-state index contributed by atoms with van der Waals surface area (Å²) < 4.78 is 6.68. The number of nitro groups is 1. The summed E-state index contributed by atoms with van der Waals surface area (Å²) in [5.74, 6) is 0.456. The zero-order valence-corrected chi connectivity index (χ0v) is 12.0. The maximum atomic E-state index is 11.2. The van der Waals surface area contributed by atoms with Crippen LogP contribution in [0.3, 0.4) is 0 Å². The maximum absolute atomic E-state index is 11.2. The minimum atomic E-state index is -0.371. The smallest absolute Gasteiger partial charge is 0.333 e. The van der Waals surface area contributed by atoms with Crippen molar-refractivity contribution in [1.29, 1.82) is 0 Å². The standard InChI is InChI=1S/C12H22N4O3/c1-5-7-9(8-19-4)13-12-11(16(17)18)10(6-2)14-15(12)3/h9,13H,5-8H2,1-4H3. The SMILES string of the molecule is CCCC(COC)Nc1c([N+](=O)[O-])c(CC)nn1C. The normalized spacial score (nSPS) is 12.4. The lowest BCUT2D eigenvalue weighted by Crippen LogP contribution is -2.26. The van der Waals surface area contributed by atoms with E-state index in [1.54, 1.807) is 14.2 Å². The Labute approximate surface area is 113 Å². The summed E-state index contributed by atoms with van der Waals surface area (Å²) in [5.41, 5.74) is 0.574. The van der Waals surface area contributed by atoms with Gasteiger partial charge in [0.1, 0.15) is 5.69 Å². The van der Waals surface area contributed by atoms with Crippen molar-refractivity contribution in [2.24, 2.45) is 7.05 Å². The van der Waals surface area contributed by atoms with Crippen LogP contribution in [0.4, 0.5) is 11.5 Å². The van der Waals surface area contributed by atoms with Crippen LogP contribution in [0.25, 0.3) is 0 Å². The number of ether oxygens (including phenoxy) is 1. The van der Waals surface area contributed by atoms with Gasteiger partial charge in [0.05, 0.1) is 17.6 Å². The summed E-state index contributed by atoms with van der Waals surface area (Å²) in [4.78, 5) is 10.8. The Morgan fingerprint density at radius 3 is 2.68 bits per heavy atom. The molecule has 0 aromatic carbocycles. The second-order valence-electron chi connectivity index (χ2n) is 4.46. The van der Waals surface area contributed by atoms with E-state index in [0.29, 0.717) is 24.5 Å². The highest BCUT2D eigenvalue weighted by Gasteiger charge is 2.27. The van der Waals surface area contributed by atoms with E-state index in [2.05, 4.69) is 17.3 Å². The molecule has 0 radical (unpaired) electrons. The van der Waals surface area contributed by atoms with Crippen LogP contribution in [-0.4, -0.2) is 34.5 Å². The Hall–Kier alpha value is -1.63. The fourth-order valence-electron chi connectivity index (χ4n) is 2.10. The van der Waals surface area contributed by atoms with E-state index in [4.69, 9.17) is 4.74 Å². The third-order valence-corrected chi connectivity index (χ3v) is 2.96. The first kappa shape index (κ1) is 15.4. The number of hydrogen-bond acceptors (Lipinski definition) is 5. The molecule has 108 valence electrons. The molecule has 0 saturated heterocycles. The summed E-state index contributed by atoms with van der Waals surface area (Å²) in [6, 6.07) is 0.0498. The predicted molar refractivity (Wildman–Crippen MR) is 73.4 cm³/mol. The molecule has 0 aliphatic rings. The number of aryl methyl sites for hydroxylation is 2. The third-order valence-electron chi connectivity index (χ3n) is 2.96. The molecule has 0 aliphatic carbocycles. The minimum Gasteiger partial charge on any atom is -0.383 e. The molecule has 0 bridgehead atoms. The van der Waals surface area contributed by atoms with Gasteiger partial charge in [-0.2, -0.15) is 5.10 Å². The lowest BCUT2D eigenvalue weighted by Gasteiger charge is -2.17. The van der Waals surface area contributed by atoms with Crippen molar-refractivity contribution in [1.82, 2.24) is 9.78 Å². The number of aromatic nitrogens is 2. The molecule has 1 aromatic rings. The van der Waals surface area contributed by atoms with Gasteiger partial charge in [-0.15, -0.1) is 0 Å². The Balaban J connectivity index is 3.04. The van der Waals surface area contributed by atoms with Gasteiger partial charge in [0, 0.05) is 14.2 Å². The van der Waals surface area contributed by atoms with Crippen LogP contribution in [0.1, 0.15) is 32.4 Å². The molecular weight excluding hydrogens is 248 g/mol. The fourth-order valence-corrected chi connectivity index (χ4v) is 2.10. The molecule has 1 atom stereocenters. The highest BCUT2D eigenvalue weighted by Crippen LogP contribution is 2.29. The maximum Gasteiger partial charge on any atom is 0.333 e. The quantitative estimate of drug-likeness (QED) is 0.578. The van der Waals surface area contributed by atoms with Crippen molar-refractivity contribution in [2.45, 2.75) is 39.2 Å². The zero-order valence-electron chi connectivity index (χ0n) is 12.0. The van der Waals surface area contributed by atoms with E-state index in [-0.39, 0.29) is 16.7 Å². The molecular formula is C12H22N4O3. The number of hydrogen-bond donors (Lipinski definition) is 1. The second kappa shape index (κ2) is 7.08. The van der Waals surface area contributed by atoms with Crippen molar-refractivity contribution in [3.63, 3.8) is 0 Å². The van der Waals surface area contributed by atoms with E-state index >= 15 is 0 Å². The predicted octanol–water partition coefficient (Wildman–Crippen LogP) is 2.12. The topological polar surface area (TPSA) is 82.2 Å². The third kappa shape index (κ3) is 3.66. The van der Waals surface area contributed by atoms with E-state index in [1.807, 2.05) is 6.92 Å². The van der Waals surface area contributed by atoms with E-state index in [9.17, 15) is 10.1 Å². The molecule has 7 nitrogen and oxygen atoms in total. The first-order valence-corrected chi connectivity index (χ1v) is 6.50. The van der Waals surface area contributed by atoms with Crippen molar-refractivity contribution in [3.8, 4) is 0 Å². The highest BCUT2D eigenvalue weighted by molar-refractivity contribution is 5.60. The van der Waals surface area contributed by atoms with Gasteiger partial charge in [-0.05, 0) is 12.8 Å². The summed E-state index contributed by atoms with van der Waals surface area (Å²) in [5, 5.41) is 18.6. The summed E-state index contributed by atoms with van der Waals surface area (Å²) >= 11 is 0. The average molecular weight is 270 g/mol. The minimum absolute atomic E-state index is 0.0498. The van der Waals surface area contributed by atoms with Gasteiger partial charge in [-0.3, -0.25) is 10.1 Å². The van der Waals surface area contributed by atoms with Gasteiger partial charge in [0.15, 0.2) is 0 Å². The van der Waals surface area contributed by atoms with E-state index in [1.165, 1.54) is 4.68 Å². The van der Waals surface area contributed by atoms with Crippen LogP contribution < -0.4 is 5.32 Å². The van der Waals surface area contributed by atoms with Crippen LogP contribution >= 0.6 is 0 Å². The highest BCUT2D eigenvalue weighted by atomic mass is 16.6. The second-order valence-corrected chi connectivity index (χ2v) is 4.46. The Bertz CT molecular complexity index is 425. The van der Waals surface area contributed by atoms with E-state index in [0.717, 1.165) is 12.8 Å². The monoisotopic (exact) mass is 270 g/mol. The fraction of sp³-hybridized carbons (Fsp3) is 0.750. The molecule has 0 spiro atoms. The largest absolute Gasteiger partial charge is 0.383 e. The summed E-state index contributed by atoms with van der Waals surface area (Å²) in [6.07, 6.45) is 2.40. The molecule has 7 heteroatoms.